The van der Waals surface area contributed by atoms with E-state index in [4.69, 9.17) is 0 Å². The van der Waals surface area contributed by atoms with Crippen molar-refractivity contribution in [1.82, 2.24) is 25.0 Å². The van der Waals surface area contributed by atoms with Gasteiger partial charge in [-0.2, -0.15) is 0 Å². The van der Waals surface area contributed by atoms with E-state index in [1.54, 1.807) is 0 Å². The van der Waals surface area contributed by atoms with Gasteiger partial charge in [-0.15, -0.1) is 0 Å². The number of nitrogens with one attached hydrogen (secondary N) is 2. The van der Waals surface area contributed by atoms with Gasteiger partial charge in [0.05, 0.1) is 6.54 Å². The normalized spacial score (nSPS) is 26.1. The van der Waals surface area contributed by atoms with Gasteiger partial charge >= 0.3 is 6.03 Å². The average molecular weight is 416 g/mol. The van der Waals surface area contributed by atoms with Gasteiger partial charge in [-0.25, -0.2) is 4.79 Å². The molecule has 1 aromatic heterocycles. The summed E-state index contributed by atoms with van der Waals surface area (Å²) in [6, 6.07) is 4.10. The second-order valence-electron chi connectivity index (χ2n) is 9.13. The highest BCUT2D eigenvalue weighted by molar-refractivity contribution is 5.79. The summed E-state index contributed by atoms with van der Waals surface area (Å²) in [4.78, 5) is 41.5. The molecule has 4 heterocycles. The van der Waals surface area contributed by atoms with Crippen molar-refractivity contribution in [3.63, 3.8) is 0 Å². The lowest BCUT2D eigenvalue weighted by Gasteiger charge is -2.43. The molecule has 3 amide bonds. The van der Waals surface area contributed by atoms with Crippen LogP contribution in [-0.2, 0) is 17.9 Å². The van der Waals surface area contributed by atoms with E-state index in [0.717, 1.165) is 37.1 Å². The number of urea groups is 1. The Morgan fingerprint density at radius 2 is 2.03 bits per heavy atom. The van der Waals surface area contributed by atoms with Crippen LogP contribution in [0.3, 0.4) is 0 Å². The maximum Gasteiger partial charge on any atom is 0.317 e. The van der Waals surface area contributed by atoms with Crippen LogP contribution in [0.25, 0.3) is 0 Å². The highest BCUT2D eigenvalue weighted by Gasteiger charge is 2.36. The van der Waals surface area contributed by atoms with E-state index in [1.807, 2.05) is 27.4 Å². The molecule has 0 spiro atoms. The molecule has 2 fully saturated rings. The first-order valence-corrected chi connectivity index (χ1v) is 11.2. The van der Waals surface area contributed by atoms with Crippen molar-refractivity contribution < 1.29 is 9.59 Å². The lowest BCUT2D eigenvalue weighted by Crippen LogP contribution is -2.53. The number of hydrogen-bond donors (Lipinski definition) is 2. The standard InChI is InChI=1S/C22H33N5O3/c1-3-4-7-23-22(30)26-10-16-8-18(13-26)19-6-5-17(21(29)27(19)11-16)12-25-9-15(2)24-20(28)14-25/h5-6,15-16,18H,3-4,7-14H2,1-2H3,(H,23,30)(H,24,28)/t15-,16-,18+/m0/s1. The molecule has 0 saturated carbocycles. The molecule has 3 aliphatic heterocycles. The number of likely N-dealkylation sites (tertiary alicyclic amines) is 1. The molecule has 0 unspecified atom stereocenters. The van der Waals surface area contributed by atoms with E-state index >= 15 is 0 Å². The fourth-order valence-corrected chi connectivity index (χ4v) is 5.14. The number of fused-ring (bicyclic) bond motifs is 4. The predicted octanol–water partition coefficient (Wildman–Crippen LogP) is 1.10. The van der Waals surface area contributed by atoms with Crippen molar-refractivity contribution in [2.75, 3.05) is 32.7 Å². The van der Waals surface area contributed by atoms with Crippen LogP contribution in [0.2, 0.25) is 0 Å². The van der Waals surface area contributed by atoms with Crippen molar-refractivity contribution in [2.24, 2.45) is 5.92 Å². The Hall–Kier alpha value is -2.35. The summed E-state index contributed by atoms with van der Waals surface area (Å²) in [5.41, 5.74) is 1.84. The summed E-state index contributed by atoms with van der Waals surface area (Å²) in [5.74, 6) is 0.525. The third kappa shape index (κ3) is 4.38. The third-order valence-corrected chi connectivity index (χ3v) is 6.48. The Bertz CT molecular complexity index is 867. The molecular weight excluding hydrogens is 382 g/mol. The fourth-order valence-electron chi connectivity index (χ4n) is 5.14. The molecule has 4 rings (SSSR count). The van der Waals surface area contributed by atoms with Crippen molar-refractivity contribution in [3.8, 4) is 0 Å². The summed E-state index contributed by atoms with van der Waals surface area (Å²) in [7, 11) is 0. The maximum atomic E-state index is 13.2. The topological polar surface area (TPSA) is 86.7 Å². The molecule has 0 aromatic carbocycles. The molecule has 164 valence electrons. The zero-order chi connectivity index (χ0) is 21.3. The molecule has 2 N–H and O–H groups in total. The van der Waals surface area contributed by atoms with Crippen molar-refractivity contribution in [1.29, 1.82) is 0 Å². The van der Waals surface area contributed by atoms with Crippen LogP contribution < -0.4 is 16.2 Å². The van der Waals surface area contributed by atoms with Gasteiger partial charge in [-0.1, -0.05) is 19.4 Å². The SMILES string of the molecule is CCCCNC(=O)N1C[C@@H]2C[C@H](C1)c1ccc(CN3CC(=O)N[C@@H](C)C3)c(=O)n1C2. The molecule has 30 heavy (non-hydrogen) atoms. The minimum absolute atomic E-state index is 0.0126. The number of aromatic nitrogens is 1. The predicted molar refractivity (Wildman–Crippen MR) is 114 cm³/mol. The van der Waals surface area contributed by atoms with Crippen LogP contribution in [0, 0.1) is 5.92 Å². The molecule has 0 radical (unpaired) electrons. The summed E-state index contributed by atoms with van der Waals surface area (Å²) < 4.78 is 1.92. The molecule has 2 bridgehead atoms. The number of piperidine rings is 1. The smallest absolute Gasteiger partial charge is 0.317 e. The van der Waals surface area contributed by atoms with Gasteiger partial charge in [0, 0.05) is 62.5 Å². The molecular formula is C22H33N5O3. The first kappa shape index (κ1) is 20.9. The van der Waals surface area contributed by atoms with E-state index < -0.39 is 0 Å². The summed E-state index contributed by atoms with van der Waals surface area (Å²) in [5, 5.41) is 5.93. The number of carbonyl (C=O) groups excluding carboxylic acids is 2. The van der Waals surface area contributed by atoms with Gasteiger partial charge in [0.15, 0.2) is 0 Å². The van der Waals surface area contributed by atoms with Crippen LogP contribution in [0.1, 0.15) is 50.3 Å². The maximum absolute atomic E-state index is 13.2. The summed E-state index contributed by atoms with van der Waals surface area (Å²) in [6.07, 6.45) is 3.08. The van der Waals surface area contributed by atoms with E-state index in [9.17, 15) is 14.4 Å². The first-order valence-electron chi connectivity index (χ1n) is 11.2. The molecule has 8 nitrogen and oxygen atoms in total. The van der Waals surface area contributed by atoms with Gasteiger partial charge in [-0.3, -0.25) is 14.5 Å². The fraction of sp³-hybridized carbons (Fsp3) is 0.682. The van der Waals surface area contributed by atoms with E-state index in [2.05, 4.69) is 23.6 Å². The molecule has 8 heteroatoms. The van der Waals surface area contributed by atoms with Crippen molar-refractivity contribution >= 4 is 11.9 Å². The second kappa shape index (κ2) is 8.79. The number of carbonyl (C=O) groups is 2. The highest BCUT2D eigenvalue weighted by atomic mass is 16.2. The average Bonchev–Trinajstić information content (AvgIpc) is 2.70. The molecule has 3 atom stereocenters. The first-order chi connectivity index (χ1) is 14.4. The van der Waals surface area contributed by atoms with E-state index in [1.165, 1.54) is 0 Å². The number of piperazine rings is 1. The second-order valence-corrected chi connectivity index (χ2v) is 9.13. The molecule has 1 aromatic rings. The largest absolute Gasteiger partial charge is 0.351 e. The number of hydrogen-bond acceptors (Lipinski definition) is 4. The molecule has 3 aliphatic rings. The highest BCUT2D eigenvalue weighted by Crippen LogP contribution is 2.35. The zero-order valence-corrected chi connectivity index (χ0v) is 18.0. The number of nitrogens with zero attached hydrogens (tertiary/aromatic N) is 3. The lowest BCUT2D eigenvalue weighted by atomic mass is 9.83. The van der Waals surface area contributed by atoms with Crippen molar-refractivity contribution in [3.05, 3.63) is 33.7 Å². The van der Waals surface area contributed by atoms with Gasteiger partial charge in [0.25, 0.3) is 5.56 Å². The lowest BCUT2D eigenvalue weighted by molar-refractivity contribution is -0.125. The Morgan fingerprint density at radius 1 is 1.20 bits per heavy atom. The summed E-state index contributed by atoms with van der Waals surface area (Å²) >= 11 is 0. The number of rotatable bonds is 5. The zero-order valence-electron chi connectivity index (χ0n) is 18.0. The Labute approximate surface area is 177 Å². The number of amides is 3. The van der Waals surface area contributed by atoms with Crippen LogP contribution >= 0.6 is 0 Å². The van der Waals surface area contributed by atoms with Crippen LogP contribution in [0.4, 0.5) is 4.79 Å². The minimum Gasteiger partial charge on any atom is -0.351 e. The van der Waals surface area contributed by atoms with Crippen molar-refractivity contribution in [2.45, 2.75) is 58.2 Å². The molecule has 0 aliphatic carbocycles. The van der Waals surface area contributed by atoms with Crippen LogP contribution in [0.15, 0.2) is 16.9 Å². The molecule has 2 saturated heterocycles. The third-order valence-electron chi connectivity index (χ3n) is 6.48. The Balaban J connectivity index is 1.47. The van der Waals surface area contributed by atoms with Crippen LogP contribution in [0.5, 0.6) is 0 Å². The van der Waals surface area contributed by atoms with E-state index in [-0.39, 0.29) is 29.5 Å². The van der Waals surface area contributed by atoms with E-state index in [0.29, 0.717) is 45.2 Å². The Morgan fingerprint density at radius 3 is 2.80 bits per heavy atom. The number of pyridine rings is 1. The summed E-state index contributed by atoms with van der Waals surface area (Å²) in [6.45, 7) is 8.42. The Kier molecular flexibility index (Phi) is 6.13. The number of unbranched alkanes of at least 4 members (excludes halogenated alkanes) is 1. The van der Waals surface area contributed by atoms with Gasteiger partial charge < -0.3 is 20.1 Å². The van der Waals surface area contributed by atoms with Gasteiger partial charge in [0.1, 0.15) is 0 Å². The van der Waals surface area contributed by atoms with Crippen LogP contribution in [-0.4, -0.2) is 65.1 Å². The quantitative estimate of drug-likeness (QED) is 0.705. The minimum atomic E-state index is 0.0126. The van der Waals surface area contributed by atoms with Gasteiger partial charge in [-0.05, 0) is 31.7 Å². The van der Waals surface area contributed by atoms with Gasteiger partial charge in [0.2, 0.25) is 5.91 Å². The monoisotopic (exact) mass is 415 g/mol.